The number of aromatic amines is 1. The monoisotopic (exact) mass is 336 g/mol. The Morgan fingerprint density at radius 2 is 2.30 bits per heavy atom. The van der Waals surface area contributed by atoms with Gasteiger partial charge in [0.2, 0.25) is 5.95 Å². The van der Waals surface area contributed by atoms with Crippen LogP contribution >= 0.6 is 15.9 Å². The van der Waals surface area contributed by atoms with Crippen LogP contribution in [0.5, 0.6) is 5.75 Å². The zero-order valence-corrected chi connectivity index (χ0v) is 12.6. The summed E-state index contributed by atoms with van der Waals surface area (Å²) in [6.07, 6.45) is 3.06. The number of amides is 1. The predicted molar refractivity (Wildman–Crippen MR) is 79.5 cm³/mol. The fourth-order valence-electron chi connectivity index (χ4n) is 1.55. The SMILES string of the molecule is COc1ccc(Br)cc1/C=C/C(=O)Nc1n[nH]c(C)n1. The van der Waals surface area contributed by atoms with Gasteiger partial charge in [0, 0.05) is 16.1 Å². The normalized spacial score (nSPS) is 10.8. The van der Waals surface area contributed by atoms with Crippen LogP contribution < -0.4 is 10.1 Å². The molecule has 6 nitrogen and oxygen atoms in total. The summed E-state index contributed by atoms with van der Waals surface area (Å²) < 4.78 is 6.13. The number of aromatic nitrogens is 3. The zero-order chi connectivity index (χ0) is 14.5. The number of nitrogens with zero attached hydrogens (tertiary/aromatic N) is 2. The molecule has 1 aromatic carbocycles. The first-order valence-electron chi connectivity index (χ1n) is 5.80. The Bertz CT molecular complexity index is 652. The number of methoxy groups -OCH3 is 1. The molecule has 0 aliphatic heterocycles. The number of H-pyrrole nitrogens is 1. The van der Waals surface area contributed by atoms with Crippen molar-refractivity contribution >= 4 is 33.9 Å². The molecule has 0 saturated heterocycles. The van der Waals surface area contributed by atoms with Crippen LogP contribution in [-0.2, 0) is 4.79 Å². The molecule has 1 amide bonds. The van der Waals surface area contributed by atoms with Crippen molar-refractivity contribution in [1.29, 1.82) is 0 Å². The molecule has 2 aromatic rings. The van der Waals surface area contributed by atoms with Gasteiger partial charge in [0.15, 0.2) is 0 Å². The highest BCUT2D eigenvalue weighted by Crippen LogP contribution is 2.24. The van der Waals surface area contributed by atoms with Crippen LogP contribution in [0.1, 0.15) is 11.4 Å². The molecule has 0 aliphatic carbocycles. The summed E-state index contributed by atoms with van der Waals surface area (Å²) in [6.45, 7) is 1.75. The molecule has 104 valence electrons. The van der Waals surface area contributed by atoms with Crippen molar-refractivity contribution in [2.24, 2.45) is 0 Å². The lowest BCUT2D eigenvalue weighted by Crippen LogP contribution is -2.09. The largest absolute Gasteiger partial charge is 0.496 e. The van der Waals surface area contributed by atoms with E-state index in [4.69, 9.17) is 4.74 Å². The van der Waals surface area contributed by atoms with Gasteiger partial charge in [-0.25, -0.2) is 0 Å². The number of carbonyl (C=O) groups is 1. The van der Waals surface area contributed by atoms with Crippen molar-refractivity contribution in [3.63, 3.8) is 0 Å². The van der Waals surface area contributed by atoms with Gasteiger partial charge in [0.25, 0.3) is 5.91 Å². The molecular weight excluding hydrogens is 324 g/mol. The smallest absolute Gasteiger partial charge is 0.250 e. The number of hydrogen-bond acceptors (Lipinski definition) is 4. The van der Waals surface area contributed by atoms with E-state index in [0.29, 0.717) is 11.6 Å². The van der Waals surface area contributed by atoms with Gasteiger partial charge in [-0.3, -0.25) is 15.2 Å². The number of aryl methyl sites for hydroxylation is 1. The van der Waals surface area contributed by atoms with E-state index in [1.807, 2.05) is 18.2 Å². The fourth-order valence-corrected chi connectivity index (χ4v) is 1.93. The maximum atomic E-state index is 11.7. The maximum Gasteiger partial charge on any atom is 0.250 e. The van der Waals surface area contributed by atoms with E-state index in [1.54, 1.807) is 20.1 Å². The molecule has 0 spiro atoms. The highest BCUT2D eigenvalue weighted by atomic mass is 79.9. The lowest BCUT2D eigenvalue weighted by molar-refractivity contribution is -0.111. The number of halogens is 1. The molecule has 1 heterocycles. The summed E-state index contributed by atoms with van der Waals surface area (Å²) in [6, 6.07) is 5.55. The number of nitrogens with one attached hydrogen (secondary N) is 2. The quantitative estimate of drug-likeness (QED) is 0.841. The average molecular weight is 337 g/mol. The topological polar surface area (TPSA) is 79.9 Å². The second-order valence-electron chi connectivity index (χ2n) is 3.95. The Labute approximate surface area is 124 Å². The van der Waals surface area contributed by atoms with Crippen molar-refractivity contribution in [2.75, 3.05) is 12.4 Å². The summed E-state index contributed by atoms with van der Waals surface area (Å²) >= 11 is 3.37. The van der Waals surface area contributed by atoms with Crippen LogP contribution in [0.3, 0.4) is 0 Å². The third-order valence-electron chi connectivity index (χ3n) is 2.44. The minimum absolute atomic E-state index is 0.248. The molecule has 0 bridgehead atoms. The van der Waals surface area contributed by atoms with Crippen LogP contribution in [-0.4, -0.2) is 28.2 Å². The number of carbonyl (C=O) groups excluding carboxylic acids is 1. The average Bonchev–Trinajstić information content (AvgIpc) is 2.82. The van der Waals surface area contributed by atoms with Gasteiger partial charge in [-0.05, 0) is 31.2 Å². The maximum absolute atomic E-state index is 11.7. The molecule has 0 aliphatic rings. The summed E-state index contributed by atoms with van der Waals surface area (Å²) in [5, 5.41) is 9.03. The molecule has 2 rings (SSSR count). The van der Waals surface area contributed by atoms with Crippen LogP contribution in [0.25, 0.3) is 6.08 Å². The minimum atomic E-state index is -0.314. The van der Waals surface area contributed by atoms with E-state index in [1.165, 1.54) is 6.08 Å². The number of rotatable bonds is 4. The second kappa shape index (κ2) is 6.33. The Morgan fingerprint density at radius 1 is 1.50 bits per heavy atom. The molecule has 0 fully saturated rings. The van der Waals surface area contributed by atoms with Gasteiger partial charge in [0.05, 0.1) is 7.11 Å². The van der Waals surface area contributed by atoms with E-state index in [-0.39, 0.29) is 11.9 Å². The molecule has 0 atom stereocenters. The number of anilines is 1. The van der Waals surface area contributed by atoms with Crippen LogP contribution in [0.15, 0.2) is 28.7 Å². The molecule has 0 radical (unpaired) electrons. The highest BCUT2D eigenvalue weighted by molar-refractivity contribution is 9.10. The van der Waals surface area contributed by atoms with Crippen LogP contribution in [0.2, 0.25) is 0 Å². The molecular formula is C13H13BrN4O2. The lowest BCUT2D eigenvalue weighted by Gasteiger charge is -2.04. The van der Waals surface area contributed by atoms with Gasteiger partial charge >= 0.3 is 0 Å². The molecule has 20 heavy (non-hydrogen) atoms. The first-order valence-corrected chi connectivity index (χ1v) is 6.59. The first-order chi connectivity index (χ1) is 9.58. The summed E-state index contributed by atoms with van der Waals surface area (Å²) in [7, 11) is 1.58. The van der Waals surface area contributed by atoms with E-state index in [2.05, 4.69) is 36.4 Å². The third kappa shape index (κ3) is 3.67. The number of benzene rings is 1. The Kier molecular flexibility index (Phi) is 4.52. The van der Waals surface area contributed by atoms with E-state index < -0.39 is 0 Å². The summed E-state index contributed by atoms with van der Waals surface area (Å²) in [5.41, 5.74) is 0.795. The lowest BCUT2D eigenvalue weighted by atomic mass is 10.2. The molecule has 0 saturated carbocycles. The summed E-state index contributed by atoms with van der Waals surface area (Å²) in [4.78, 5) is 15.7. The van der Waals surface area contributed by atoms with Crippen molar-refractivity contribution < 1.29 is 9.53 Å². The van der Waals surface area contributed by atoms with E-state index in [0.717, 1.165) is 10.0 Å². The van der Waals surface area contributed by atoms with Crippen molar-refractivity contribution in [3.05, 3.63) is 40.1 Å². The molecule has 1 aromatic heterocycles. The van der Waals surface area contributed by atoms with E-state index >= 15 is 0 Å². The zero-order valence-electron chi connectivity index (χ0n) is 11.0. The van der Waals surface area contributed by atoms with Gasteiger partial charge in [-0.15, -0.1) is 5.10 Å². The van der Waals surface area contributed by atoms with Gasteiger partial charge in [-0.1, -0.05) is 15.9 Å². The predicted octanol–water partition coefficient (Wildman–Crippen LogP) is 2.54. The van der Waals surface area contributed by atoms with Crippen LogP contribution in [0.4, 0.5) is 5.95 Å². The van der Waals surface area contributed by atoms with Crippen LogP contribution in [0, 0.1) is 6.92 Å². The Hall–Kier alpha value is -2.15. The standard InChI is InChI=1S/C13H13BrN4O2/c1-8-15-13(18-17-8)16-12(19)6-3-9-7-10(14)4-5-11(9)20-2/h3-7H,1-2H3,(H2,15,16,17,18,19)/b6-3+. The fraction of sp³-hybridized carbons (Fsp3) is 0.154. The number of ether oxygens (including phenoxy) is 1. The van der Waals surface area contributed by atoms with Gasteiger partial charge in [0.1, 0.15) is 11.6 Å². The van der Waals surface area contributed by atoms with Crippen molar-refractivity contribution in [1.82, 2.24) is 15.2 Å². The Balaban J connectivity index is 2.09. The molecule has 2 N–H and O–H groups in total. The molecule has 7 heteroatoms. The highest BCUT2D eigenvalue weighted by Gasteiger charge is 2.04. The summed E-state index contributed by atoms with van der Waals surface area (Å²) in [5.74, 6) is 1.26. The number of hydrogen-bond donors (Lipinski definition) is 2. The molecule has 0 unspecified atom stereocenters. The first kappa shape index (κ1) is 14.3. The van der Waals surface area contributed by atoms with Crippen molar-refractivity contribution in [3.8, 4) is 5.75 Å². The van der Waals surface area contributed by atoms with E-state index in [9.17, 15) is 4.79 Å². The second-order valence-corrected chi connectivity index (χ2v) is 4.87. The van der Waals surface area contributed by atoms with Gasteiger partial charge in [-0.2, -0.15) is 4.98 Å². The minimum Gasteiger partial charge on any atom is -0.496 e. The van der Waals surface area contributed by atoms with Crippen molar-refractivity contribution in [2.45, 2.75) is 6.92 Å². The van der Waals surface area contributed by atoms with Gasteiger partial charge < -0.3 is 4.74 Å². The Morgan fingerprint density at radius 3 is 2.95 bits per heavy atom. The third-order valence-corrected chi connectivity index (χ3v) is 2.93.